The van der Waals surface area contributed by atoms with Crippen molar-refractivity contribution < 1.29 is 0 Å². The van der Waals surface area contributed by atoms with E-state index in [2.05, 4.69) is 32.3 Å². The molecule has 0 unspecified atom stereocenters. The minimum atomic E-state index is 0. The van der Waals surface area contributed by atoms with Gasteiger partial charge in [-0.1, -0.05) is 0 Å². The van der Waals surface area contributed by atoms with E-state index in [1.54, 1.807) is 6.33 Å². The molecular formula is C11H21IN6. The number of nitrogens with zero attached hydrogens (tertiary/aromatic N) is 5. The highest BCUT2D eigenvalue weighted by Crippen LogP contribution is 2.07. The maximum atomic E-state index is 4.30. The van der Waals surface area contributed by atoms with Crippen molar-refractivity contribution >= 4 is 29.9 Å². The van der Waals surface area contributed by atoms with Crippen LogP contribution >= 0.6 is 24.0 Å². The lowest BCUT2D eigenvalue weighted by atomic mass is 10.4. The van der Waals surface area contributed by atoms with Crippen LogP contribution in [0.1, 0.15) is 25.6 Å². The summed E-state index contributed by atoms with van der Waals surface area (Å²) in [6.07, 6.45) is 4.27. The van der Waals surface area contributed by atoms with Crippen molar-refractivity contribution in [1.82, 2.24) is 25.0 Å². The number of aromatic nitrogens is 3. The van der Waals surface area contributed by atoms with Crippen molar-refractivity contribution in [3.8, 4) is 0 Å². The Morgan fingerprint density at radius 3 is 2.78 bits per heavy atom. The first-order valence-corrected chi connectivity index (χ1v) is 6.17. The Morgan fingerprint density at radius 2 is 2.17 bits per heavy atom. The van der Waals surface area contributed by atoms with E-state index in [1.807, 2.05) is 11.6 Å². The highest BCUT2D eigenvalue weighted by atomic mass is 127. The molecule has 1 saturated heterocycles. The minimum absolute atomic E-state index is 0. The monoisotopic (exact) mass is 364 g/mol. The largest absolute Gasteiger partial charge is 0.349 e. The van der Waals surface area contributed by atoms with Crippen LogP contribution in [0.25, 0.3) is 0 Å². The van der Waals surface area contributed by atoms with E-state index < -0.39 is 0 Å². The van der Waals surface area contributed by atoms with Crippen molar-refractivity contribution in [1.29, 1.82) is 0 Å². The molecule has 0 aliphatic carbocycles. The highest BCUT2D eigenvalue weighted by Gasteiger charge is 2.15. The van der Waals surface area contributed by atoms with Gasteiger partial charge in [0.05, 0.1) is 6.54 Å². The van der Waals surface area contributed by atoms with Crippen LogP contribution in [0.4, 0.5) is 0 Å². The molecule has 1 aliphatic heterocycles. The topological polar surface area (TPSA) is 58.3 Å². The predicted octanol–water partition coefficient (Wildman–Crippen LogP) is 1.09. The van der Waals surface area contributed by atoms with Gasteiger partial charge in [-0.25, -0.2) is 0 Å². The molecule has 0 amide bonds. The van der Waals surface area contributed by atoms with Crippen molar-refractivity contribution in [3.05, 3.63) is 12.2 Å². The van der Waals surface area contributed by atoms with Gasteiger partial charge in [0, 0.05) is 26.7 Å². The van der Waals surface area contributed by atoms with Crippen LogP contribution in [0, 0.1) is 0 Å². The molecule has 2 rings (SSSR count). The molecule has 1 aromatic heterocycles. The van der Waals surface area contributed by atoms with Crippen molar-refractivity contribution in [2.45, 2.75) is 32.9 Å². The molecule has 0 radical (unpaired) electrons. The first kappa shape index (κ1) is 15.2. The molecule has 102 valence electrons. The fourth-order valence-corrected chi connectivity index (χ4v) is 2.10. The van der Waals surface area contributed by atoms with E-state index in [0.717, 1.165) is 31.4 Å². The van der Waals surface area contributed by atoms with Crippen molar-refractivity contribution in [2.24, 2.45) is 4.99 Å². The summed E-state index contributed by atoms with van der Waals surface area (Å²) in [5.74, 6) is 1.92. The van der Waals surface area contributed by atoms with Crippen LogP contribution in [0.5, 0.6) is 0 Å². The third kappa shape index (κ3) is 3.56. The molecule has 7 heteroatoms. The van der Waals surface area contributed by atoms with Gasteiger partial charge in [-0.05, 0) is 19.8 Å². The number of guanidine groups is 1. The Balaban J connectivity index is 0.00000162. The van der Waals surface area contributed by atoms with Gasteiger partial charge in [-0.15, -0.1) is 34.2 Å². The van der Waals surface area contributed by atoms with Gasteiger partial charge >= 0.3 is 0 Å². The van der Waals surface area contributed by atoms with Gasteiger partial charge < -0.3 is 14.8 Å². The summed E-state index contributed by atoms with van der Waals surface area (Å²) in [4.78, 5) is 6.58. The Labute approximate surface area is 125 Å². The second-order valence-electron chi connectivity index (χ2n) is 4.13. The summed E-state index contributed by atoms with van der Waals surface area (Å²) < 4.78 is 2.03. The van der Waals surface area contributed by atoms with Gasteiger partial charge in [0.15, 0.2) is 11.8 Å². The normalized spacial score (nSPS) is 15.7. The van der Waals surface area contributed by atoms with Crippen LogP contribution in [0.3, 0.4) is 0 Å². The van der Waals surface area contributed by atoms with Gasteiger partial charge in [-0.2, -0.15) is 0 Å². The molecule has 2 heterocycles. The van der Waals surface area contributed by atoms with E-state index in [-0.39, 0.29) is 24.0 Å². The lowest BCUT2D eigenvalue weighted by Crippen LogP contribution is -2.39. The summed E-state index contributed by atoms with van der Waals surface area (Å²) in [6.45, 7) is 5.85. The van der Waals surface area contributed by atoms with Gasteiger partial charge in [0.2, 0.25) is 0 Å². The summed E-state index contributed by atoms with van der Waals surface area (Å²) in [7, 11) is 1.82. The molecule has 0 atom stereocenters. The van der Waals surface area contributed by atoms with E-state index in [4.69, 9.17) is 0 Å². The molecule has 0 spiro atoms. The number of halogens is 1. The van der Waals surface area contributed by atoms with Crippen LogP contribution in [0.2, 0.25) is 0 Å². The Bertz CT molecular complexity index is 383. The third-order valence-electron chi connectivity index (χ3n) is 3.06. The lowest BCUT2D eigenvalue weighted by Gasteiger charge is -2.20. The first-order valence-electron chi connectivity index (χ1n) is 6.17. The van der Waals surface area contributed by atoms with Gasteiger partial charge in [-0.3, -0.25) is 4.99 Å². The number of aliphatic imine (C=N–C) groups is 1. The number of aryl methyl sites for hydroxylation is 1. The zero-order chi connectivity index (χ0) is 12.1. The summed E-state index contributed by atoms with van der Waals surface area (Å²) in [5, 5.41) is 11.4. The predicted molar refractivity (Wildman–Crippen MR) is 82.1 cm³/mol. The van der Waals surface area contributed by atoms with Crippen molar-refractivity contribution in [2.75, 3.05) is 20.1 Å². The Kier molecular flexibility index (Phi) is 6.37. The van der Waals surface area contributed by atoms with Crippen LogP contribution < -0.4 is 5.32 Å². The van der Waals surface area contributed by atoms with E-state index >= 15 is 0 Å². The van der Waals surface area contributed by atoms with Crippen LogP contribution in [0.15, 0.2) is 11.3 Å². The van der Waals surface area contributed by atoms with Crippen molar-refractivity contribution in [3.63, 3.8) is 0 Å². The molecule has 0 bridgehead atoms. The molecular weight excluding hydrogens is 343 g/mol. The summed E-state index contributed by atoms with van der Waals surface area (Å²) in [6, 6.07) is 0. The lowest BCUT2D eigenvalue weighted by molar-refractivity contribution is 0.490. The smallest absolute Gasteiger partial charge is 0.194 e. The molecule has 0 aromatic carbocycles. The Hall–Kier alpha value is -0.860. The van der Waals surface area contributed by atoms with Gasteiger partial charge in [0.25, 0.3) is 0 Å². The number of likely N-dealkylation sites (tertiary alicyclic amines) is 1. The molecule has 1 fully saturated rings. The fourth-order valence-electron chi connectivity index (χ4n) is 2.10. The standard InChI is InChI=1S/C11H20N6.HI/c1-3-16-9-14-15-10(16)8-13-11(12-2)17-6-4-5-7-17;/h9H,3-8H2,1-2H3,(H,12,13);1H. The second-order valence-corrected chi connectivity index (χ2v) is 4.13. The number of nitrogens with one attached hydrogen (secondary N) is 1. The van der Waals surface area contributed by atoms with Crippen LogP contribution in [-0.2, 0) is 13.1 Å². The van der Waals surface area contributed by atoms with Crippen LogP contribution in [-0.4, -0.2) is 45.8 Å². The molecule has 1 N–H and O–H groups in total. The maximum Gasteiger partial charge on any atom is 0.194 e. The second kappa shape index (κ2) is 7.55. The molecule has 1 aliphatic rings. The quantitative estimate of drug-likeness (QED) is 0.496. The zero-order valence-electron chi connectivity index (χ0n) is 11.0. The average Bonchev–Trinajstić information content (AvgIpc) is 2.99. The summed E-state index contributed by atoms with van der Waals surface area (Å²) >= 11 is 0. The van der Waals surface area contributed by atoms with E-state index in [1.165, 1.54) is 12.8 Å². The highest BCUT2D eigenvalue weighted by molar-refractivity contribution is 14.0. The summed E-state index contributed by atoms with van der Waals surface area (Å²) in [5.41, 5.74) is 0. The molecule has 6 nitrogen and oxygen atoms in total. The minimum Gasteiger partial charge on any atom is -0.349 e. The zero-order valence-corrected chi connectivity index (χ0v) is 13.3. The molecule has 18 heavy (non-hydrogen) atoms. The fraction of sp³-hybridized carbons (Fsp3) is 0.727. The maximum absolute atomic E-state index is 4.30. The molecule has 0 saturated carbocycles. The molecule has 1 aromatic rings. The number of rotatable bonds is 3. The van der Waals surface area contributed by atoms with E-state index in [0.29, 0.717) is 6.54 Å². The van der Waals surface area contributed by atoms with E-state index in [9.17, 15) is 0 Å². The average molecular weight is 364 g/mol. The number of hydrogen-bond donors (Lipinski definition) is 1. The third-order valence-corrected chi connectivity index (χ3v) is 3.06. The first-order chi connectivity index (χ1) is 8.35. The number of hydrogen-bond acceptors (Lipinski definition) is 3. The SMILES string of the molecule is CCn1cnnc1CNC(=NC)N1CCCC1.I. The van der Waals surface area contributed by atoms with Gasteiger partial charge in [0.1, 0.15) is 6.33 Å². The Morgan fingerprint density at radius 1 is 1.44 bits per heavy atom.